The molecule has 6 heteroatoms. The van der Waals surface area contributed by atoms with E-state index in [0.717, 1.165) is 11.1 Å². The molecule has 146 valence electrons. The van der Waals surface area contributed by atoms with E-state index in [1.807, 2.05) is 0 Å². The molecule has 0 radical (unpaired) electrons. The first-order valence-electron chi connectivity index (χ1n) is 9.26. The Morgan fingerprint density at radius 1 is 0.964 bits per heavy atom. The summed E-state index contributed by atoms with van der Waals surface area (Å²) in [6.07, 6.45) is 4.34. The van der Waals surface area contributed by atoms with Gasteiger partial charge >= 0.3 is 0 Å². The van der Waals surface area contributed by atoms with E-state index in [2.05, 4.69) is 5.32 Å². The van der Waals surface area contributed by atoms with Gasteiger partial charge < -0.3 is 10.2 Å². The van der Waals surface area contributed by atoms with Crippen LogP contribution in [0.15, 0.2) is 54.6 Å². The predicted octanol–water partition coefficient (Wildman–Crippen LogP) is 3.53. The molecular weight excluding hydrogens is 362 g/mol. The highest BCUT2D eigenvalue weighted by Gasteiger charge is 2.26. The zero-order chi connectivity index (χ0) is 19.9. The number of carbonyl (C=O) groups is 2. The van der Waals surface area contributed by atoms with Crippen LogP contribution in [-0.4, -0.2) is 29.8 Å². The fraction of sp³-hybridized carbons (Fsp3) is 0.273. The molecule has 1 saturated heterocycles. The number of hydrogen-bond acceptors (Lipinski definition) is 2. The Morgan fingerprint density at radius 3 is 2.14 bits per heavy atom. The van der Waals surface area contributed by atoms with Gasteiger partial charge in [-0.2, -0.15) is 0 Å². The van der Waals surface area contributed by atoms with Crippen LogP contribution < -0.4 is 5.32 Å². The number of nitrogens with zero attached hydrogens (tertiary/aromatic N) is 1. The van der Waals surface area contributed by atoms with Gasteiger partial charge in [0.2, 0.25) is 11.8 Å². The Bertz CT molecular complexity index is 840. The molecular formula is C22H22F2N2O2. The number of carbonyl (C=O) groups excluding carboxylic acids is 2. The number of likely N-dealkylation sites (tertiary alicyclic amines) is 1. The van der Waals surface area contributed by atoms with E-state index >= 15 is 0 Å². The van der Waals surface area contributed by atoms with E-state index in [-0.39, 0.29) is 29.4 Å². The minimum atomic E-state index is -0.316. The molecule has 0 bridgehead atoms. The number of amides is 2. The minimum Gasteiger partial charge on any atom is -0.352 e. The molecule has 0 atom stereocenters. The predicted molar refractivity (Wildman–Crippen MR) is 103 cm³/mol. The van der Waals surface area contributed by atoms with Crippen LogP contribution in [0.4, 0.5) is 8.78 Å². The van der Waals surface area contributed by atoms with Crippen LogP contribution in [0.5, 0.6) is 0 Å². The number of benzene rings is 2. The maximum Gasteiger partial charge on any atom is 0.246 e. The third-order valence-corrected chi connectivity index (χ3v) is 4.85. The maximum atomic E-state index is 12.9. The number of piperidine rings is 1. The Morgan fingerprint density at radius 2 is 1.54 bits per heavy atom. The molecule has 0 spiro atoms. The lowest BCUT2D eigenvalue weighted by molar-refractivity contribution is -0.132. The molecule has 2 aromatic carbocycles. The van der Waals surface area contributed by atoms with E-state index < -0.39 is 0 Å². The van der Waals surface area contributed by atoms with Gasteiger partial charge in [-0.1, -0.05) is 24.3 Å². The first kappa shape index (κ1) is 19.7. The smallest absolute Gasteiger partial charge is 0.246 e. The monoisotopic (exact) mass is 384 g/mol. The second-order valence-electron chi connectivity index (χ2n) is 6.83. The highest BCUT2D eigenvalue weighted by atomic mass is 19.1. The van der Waals surface area contributed by atoms with Crippen LogP contribution in [-0.2, 0) is 16.1 Å². The number of hydrogen-bond donors (Lipinski definition) is 1. The summed E-state index contributed by atoms with van der Waals surface area (Å²) in [7, 11) is 0. The Kier molecular flexibility index (Phi) is 6.53. The molecule has 1 aliphatic rings. The molecule has 2 aromatic rings. The van der Waals surface area contributed by atoms with Crippen LogP contribution in [0.2, 0.25) is 0 Å². The summed E-state index contributed by atoms with van der Waals surface area (Å²) in [4.78, 5) is 26.3. The van der Waals surface area contributed by atoms with Gasteiger partial charge in [-0.05, 0) is 54.3 Å². The van der Waals surface area contributed by atoms with Crippen LogP contribution in [0.3, 0.4) is 0 Å². The second-order valence-corrected chi connectivity index (χ2v) is 6.83. The third-order valence-electron chi connectivity index (χ3n) is 4.85. The Labute approximate surface area is 162 Å². The van der Waals surface area contributed by atoms with Gasteiger partial charge in [0.25, 0.3) is 0 Å². The lowest BCUT2D eigenvalue weighted by Gasteiger charge is -2.30. The number of nitrogens with one attached hydrogen (secondary N) is 1. The van der Waals surface area contributed by atoms with Crippen molar-refractivity contribution < 1.29 is 18.4 Å². The summed E-state index contributed by atoms with van der Waals surface area (Å²) in [6, 6.07) is 11.9. The normalized spacial score (nSPS) is 15.0. The lowest BCUT2D eigenvalue weighted by Crippen LogP contribution is -2.42. The molecule has 0 aromatic heterocycles. The largest absolute Gasteiger partial charge is 0.352 e. The van der Waals surface area contributed by atoms with Gasteiger partial charge in [0, 0.05) is 31.6 Å². The lowest BCUT2D eigenvalue weighted by atomic mass is 9.95. The van der Waals surface area contributed by atoms with Crippen LogP contribution >= 0.6 is 0 Å². The van der Waals surface area contributed by atoms with Crippen molar-refractivity contribution in [1.82, 2.24) is 10.2 Å². The van der Waals surface area contributed by atoms with Gasteiger partial charge in [0.15, 0.2) is 0 Å². The van der Waals surface area contributed by atoms with Gasteiger partial charge in [-0.25, -0.2) is 8.78 Å². The fourth-order valence-corrected chi connectivity index (χ4v) is 3.14. The Balaban J connectivity index is 1.44. The van der Waals surface area contributed by atoms with Crippen molar-refractivity contribution in [2.75, 3.05) is 13.1 Å². The summed E-state index contributed by atoms with van der Waals surface area (Å²) in [5, 5.41) is 2.87. The summed E-state index contributed by atoms with van der Waals surface area (Å²) in [6.45, 7) is 1.39. The van der Waals surface area contributed by atoms with Crippen molar-refractivity contribution in [2.24, 2.45) is 5.92 Å². The average molecular weight is 384 g/mol. The molecule has 0 aliphatic carbocycles. The summed E-state index contributed by atoms with van der Waals surface area (Å²) < 4.78 is 25.8. The average Bonchev–Trinajstić information content (AvgIpc) is 2.72. The molecule has 28 heavy (non-hydrogen) atoms. The zero-order valence-electron chi connectivity index (χ0n) is 15.4. The van der Waals surface area contributed by atoms with E-state index in [4.69, 9.17) is 0 Å². The number of rotatable bonds is 5. The summed E-state index contributed by atoms with van der Waals surface area (Å²) >= 11 is 0. The zero-order valence-corrected chi connectivity index (χ0v) is 15.4. The molecule has 1 heterocycles. The van der Waals surface area contributed by atoms with Crippen molar-refractivity contribution in [3.63, 3.8) is 0 Å². The molecule has 0 saturated carbocycles. The van der Waals surface area contributed by atoms with Crippen molar-refractivity contribution in [1.29, 1.82) is 0 Å². The SMILES string of the molecule is O=C(NCc1ccc(F)cc1)C1CCN(C(=O)C=Cc2ccc(F)cc2)CC1. The van der Waals surface area contributed by atoms with E-state index in [1.54, 1.807) is 35.2 Å². The fourth-order valence-electron chi connectivity index (χ4n) is 3.14. The first-order chi connectivity index (χ1) is 13.5. The topological polar surface area (TPSA) is 49.4 Å². The molecule has 1 N–H and O–H groups in total. The first-order valence-corrected chi connectivity index (χ1v) is 9.26. The van der Waals surface area contributed by atoms with Crippen molar-refractivity contribution in [2.45, 2.75) is 19.4 Å². The van der Waals surface area contributed by atoms with E-state index in [0.29, 0.717) is 32.5 Å². The number of halogens is 2. The molecule has 2 amide bonds. The highest BCUT2D eigenvalue weighted by Crippen LogP contribution is 2.18. The molecule has 1 fully saturated rings. The van der Waals surface area contributed by atoms with E-state index in [9.17, 15) is 18.4 Å². The quantitative estimate of drug-likeness (QED) is 0.802. The molecule has 1 aliphatic heterocycles. The van der Waals surface area contributed by atoms with E-state index in [1.165, 1.54) is 30.3 Å². The molecule has 3 rings (SSSR count). The third kappa shape index (κ3) is 5.49. The standard InChI is InChI=1S/C22H22F2N2O2/c23-19-6-1-16(2-7-19)5-10-21(27)26-13-11-18(12-14-26)22(28)25-15-17-3-8-20(24)9-4-17/h1-10,18H,11-15H2,(H,25,28). The van der Waals surface area contributed by atoms with Crippen molar-refractivity contribution >= 4 is 17.9 Å². The minimum absolute atomic E-state index is 0.0433. The maximum absolute atomic E-state index is 12.9. The summed E-state index contributed by atoms with van der Waals surface area (Å²) in [5.74, 6) is -0.915. The van der Waals surface area contributed by atoms with Gasteiger partial charge in [-0.15, -0.1) is 0 Å². The van der Waals surface area contributed by atoms with Crippen LogP contribution in [0.25, 0.3) is 6.08 Å². The Hall–Kier alpha value is -3.02. The second kappa shape index (κ2) is 9.26. The van der Waals surface area contributed by atoms with Gasteiger partial charge in [0.1, 0.15) is 11.6 Å². The van der Waals surface area contributed by atoms with Crippen molar-refractivity contribution in [3.8, 4) is 0 Å². The van der Waals surface area contributed by atoms with Crippen LogP contribution in [0, 0.1) is 17.6 Å². The van der Waals surface area contributed by atoms with Crippen LogP contribution in [0.1, 0.15) is 24.0 Å². The van der Waals surface area contributed by atoms with Gasteiger partial charge in [-0.3, -0.25) is 9.59 Å². The molecule has 0 unspecified atom stereocenters. The molecule has 4 nitrogen and oxygen atoms in total. The summed E-state index contributed by atoms with van der Waals surface area (Å²) in [5.41, 5.74) is 1.60. The van der Waals surface area contributed by atoms with Gasteiger partial charge in [0.05, 0.1) is 0 Å². The van der Waals surface area contributed by atoms with Crippen molar-refractivity contribution in [3.05, 3.63) is 77.4 Å². The highest BCUT2D eigenvalue weighted by molar-refractivity contribution is 5.92.